The van der Waals surface area contributed by atoms with Crippen LogP contribution in [0.15, 0.2) is 52.9 Å². The van der Waals surface area contributed by atoms with Crippen LogP contribution in [0, 0.1) is 0 Å². The number of carbonyl (C=O) groups is 1. The first-order valence-electron chi connectivity index (χ1n) is 8.76. The third kappa shape index (κ3) is 4.45. The van der Waals surface area contributed by atoms with Crippen molar-refractivity contribution in [3.05, 3.63) is 58.2 Å². The number of methoxy groups -OCH3 is 1. The first-order chi connectivity index (χ1) is 13.5. The highest BCUT2D eigenvalue weighted by Crippen LogP contribution is 2.25. The molecule has 0 aliphatic rings. The largest absolute Gasteiger partial charge is 0.497 e. The molecule has 2 aromatic heterocycles. The van der Waals surface area contributed by atoms with E-state index in [4.69, 9.17) is 4.74 Å². The Balaban J connectivity index is 1.80. The van der Waals surface area contributed by atoms with Crippen molar-refractivity contribution < 1.29 is 9.53 Å². The number of fused-ring (bicyclic) bond motifs is 1. The van der Waals surface area contributed by atoms with Gasteiger partial charge in [-0.3, -0.25) is 14.2 Å². The van der Waals surface area contributed by atoms with Gasteiger partial charge in [-0.2, -0.15) is 0 Å². The van der Waals surface area contributed by atoms with E-state index in [0.29, 0.717) is 33.4 Å². The fourth-order valence-corrected chi connectivity index (χ4v) is 4.47. The van der Waals surface area contributed by atoms with E-state index in [9.17, 15) is 9.59 Å². The lowest BCUT2D eigenvalue weighted by Crippen LogP contribution is -2.23. The summed E-state index contributed by atoms with van der Waals surface area (Å²) in [4.78, 5) is 31.6. The van der Waals surface area contributed by atoms with Crippen LogP contribution in [0.2, 0.25) is 0 Å². The lowest BCUT2D eigenvalue weighted by molar-refractivity contribution is -0.113. The Morgan fingerprint density at radius 2 is 2.25 bits per heavy atom. The first kappa shape index (κ1) is 20.2. The number of rotatable bonds is 8. The molecule has 0 aliphatic carbocycles. The highest BCUT2D eigenvalue weighted by Gasteiger charge is 2.15. The maximum atomic E-state index is 12.8. The van der Waals surface area contributed by atoms with Gasteiger partial charge in [-0.05, 0) is 24.6 Å². The number of hydrogen-bond donors (Lipinski definition) is 1. The summed E-state index contributed by atoms with van der Waals surface area (Å²) in [6.07, 6.45) is 2.51. The van der Waals surface area contributed by atoms with Crippen molar-refractivity contribution in [1.29, 1.82) is 0 Å². The average Bonchev–Trinajstić information content (AvgIpc) is 3.12. The molecule has 1 aromatic carbocycles. The van der Waals surface area contributed by atoms with E-state index < -0.39 is 0 Å². The van der Waals surface area contributed by atoms with E-state index in [1.807, 2.05) is 19.1 Å². The second-order valence-corrected chi connectivity index (χ2v) is 8.01. The van der Waals surface area contributed by atoms with E-state index in [0.717, 1.165) is 11.3 Å². The number of benzene rings is 1. The Labute approximate surface area is 171 Å². The van der Waals surface area contributed by atoms with Gasteiger partial charge in [0.15, 0.2) is 5.16 Å². The minimum absolute atomic E-state index is 0.100. The van der Waals surface area contributed by atoms with Crippen molar-refractivity contribution in [2.45, 2.75) is 25.0 Å². The zero-order valence-corrected chi connectivity index (χ0v) is 17.4. The van der Waals surface area contributed by atoms with Gasteiger partial charge in [0, 0.05) is 23.2 Å². The Morgan fingerprint density at radius 3 is 2.96 bits per heavy atom. The highest BCUT2D eigenvalue weighted by atomic mass is 32.2. The second-order valence-electron chi connectivity index (χ2n) is 5.95. The molecule has 0 atom stereocenters. The van der Waals surface area contributed by atoms with Crippen molar-refractivity contribution in [3.8, 4) is 5.75 Å². The second kappa shape index (κ2) is 9.07. The normalized spacial score (nSPS) is 10.8. The number of aromatic nitrogens is 2. The molecular weight excluding hydrogens is 394 g/mol. The lowest BCUT2D eigenvalue weighted by Gasteiger charge is -2.10. The minimum Gasteiger partial charge on any atom is -0.497 e. The third-order valence-corrected chi connectivity index (χ3v) is 6.16. The molecular formula is C20H21N3O3S2. The maximum Gasteiger partial charge on any atom is 0.263 e. The van der Waals surface area contributed by atoms with Gasteiger partial charge in [-0.25, -0.2) is 4.98 Å². The van der Waals surface area contributed by atoms with Gasteiger partial charge in [0.1, 0.15) is 10.6 Å². The molecule has 2 heterocycles. The number of thioether (sulfide) groups is 1. The Hall–Kier alpha value is -2.58. The van der Waals surface area contributed by atoms with Gasteiger partial charge in [0.05, 0.1) is 18.2 Å². The summed E-state index contributed by atoms with van der Waals surface area (Å²) in [6, 6.07) is 9.06. The minimum atomic E-state index is -0.182. The van der Waals surface area contributed by atoms with E-state index >= 15 is 0 Å². The predicted molar refractivity (Wildman–Crippen MR) is 116 cm³/mol. The number of anilines is 1. The van der Waals surface area contributed by atoms with Crippen LogP contribution >= 0.6 is 23.1 Å². The van der Waals surface area contributed by atoms with Crippen molar-refractivity contribution in [2.75, 3.05) is 18.2 Å². The third-order valence-electron chi connectivity index (χ3n) is 4.01. The van der Waals surface area contributed by atoms with Crippen LogP contribution in [0.4, 0.5) is 5.69 Å². The molecule has 3 aromatic rings. The number of allylic oxidation sites excluding steroid dienone is 1. The summed E-state index contributed by atoms with van der Waals surface area (Å²) in [5.74, 6) is 0.623. The van der Waals surface area contributed by atoms with Crippen molar-refractivity contribution in [2.24, 2.45) is 0 Å². The van der Waals surface area contributed by atoms with Crippen LogP contribution in [0.1, 0.15) is 11.8 Å². The zero-order valence-electron chi connectivity index (χ0n) is 15.7. The standard InChI is InChI=1S/C20H21N3O3S2/c1-4-9-23-19(25)16-11-15(5-2)28-18(16)22-20(23)27-12-17(24)21-13-7-6-8-14(10-13)26-3/h4,6-8,10-11H,1,5,9,12H2,2-3H3,(H,21,24). The summed E-state index contributed by atoms with van der Waals surface area (Å²) in [5.41, 5.74) is 0.555. The summed E-state index contributed by atoms with van der Waals surface area (Å²) < 4.78 is 6.72. The fourth-order valence-electron chi connectivity index (χ4n) is 2.65. The molecule has 0 spiro atoms. The molecule has 0 fully saturated rings. The first-order valence-corrected chi connectivity index (χ1v) is 10.6. The average molecular weight is 416 g/mol. The number of hydrogen-bond acceptors (Lipinski definition) is 6. The molecule has 0 unspecified atom stereocenters. The smallest absolute Gasteiger partial charge is 0.263 e. The fraction of sp³-hybridized carbons (Fsp3) is 0.250. The molecule has 146 valence electrons. The van der Waals surface area contributed by atoms with Gasteiger partial charge in [-0.15, -0.1) is 17.9 Å². The Morgan fingerprint density at radius 1 is 1.43 bits per heavy atom. The van der Waals surface area contributed by atoms with Gasteiger partial charge in [0.25, 0.3) is 5.56 Å². The summed E-state index contributed by atoms with van der Waals surface area (Å²) in [5, 5.41) is 3.97. The van der Waals surface area contributed by atoms with E-state index in [-0.39, 0.29) is 17.2 Å². The van der Waals surface area contributed by atoms with Gasteiger partial charge in [0.2, 0.25) is 5.91 Å². The summed E-state index contributed by atoms with van der Waals surface area (Å²) >= 11 is 2.75. The van der Waals surface area contributed by atoms with Crippen LogP contribution in [0.25, 0.3) is 10.2 Å². The monoisotopic (exact) mass is 415 g/mol. The summed E-state index contributed by atoms with van der Waals surface area (Å²) in [7, 11) is 1.58. The van der Waals surface area contributed by atoms with E-state index in [2.05, 4.69) is 16.9 Å². The molecule has 3 rings (SSSR count). The molecule has 0 bridgehead atoms. The van der Waals surface area contributed by atoms with E-state index in [1.54, 1.807) is 36.0 Å². The zero-order chi connectivity index (χ0) is 20.1. The molecule has 28 heavy (non-hydrogen) atoms. The van der Waals surface area contributed by atoms with Crippen molar-refractivity contribution in [3.63, 3.8) is 0 Å². The van der Waals surface area contributed by atoms with Crippen LogP contribution in [-0.2, 0) is 17.8 Å². The van der Waals surface area contributed by atoms with Crippen LogP contribution in [0.3, 0.4) is 0 Å². The SMILES string of the molecule is C=CCn1c(SCC(=O)Nc2cccc(OC)c2)nc2sc(CC)cc2c1=O. The van der Waals surface area contributed by atoms with Crippen LogP contribution < -0.4 is 15.6 Å². The number of nitrogens with zero attached hydrogens (tertiary/aromatic N) is 2. The Kier molecular flexibility index (Phi) is 6.53. The van der Waals surface area contributed by atoms with Gasteiger partial charge in [-0.1, -0.05) is 30.8 Å². The van der Waals surface area contributed by atoms with Crippen molar-refractivity contribution in [1.82, 2.24) is 9.55 Å². The highest BCUT2D eigenvalue weighted by molar-refractivity contribution is 7.99. The molecule has 0 saturated carbocycles. The Bertz CT molecular complexity index is 1070. The number of aryl methyl sites for hydroxylation is 1. The van der Waals surface area contributed by atoms with E-state index in [1.165, 1.54) is 23.1 Å². The number of amides is 1. The number of nitrogens with one attached hydrogen (secondary N) is 1. The number of thiophene rings is 1. The quantitative estimate of drug-likeness (QED) is 0.343. The van der Waals surface area contributed by atoms with Gasteiger partial charge < -0.3 is 10.1 Å². The van der Waals surface area contributed by atoms with Crippen molar-refractivity contribution >= 4 is 44.9 Å². The molecule has 1 N–H and O–H groups in total. The molecule has 0 saturated heterocycles. The van der Waals surface area contributed by atoms with Gasteiger partial charge >= 0.3 is 0 Å². The van der Waals surface area contributed by atoms with Crippen LogP contribution in [0.5, 0.6) is 5.75 Å². The maximum absolute atomic E-state index is 12.8. The van der Waals surface area contributed by atoms with Crippen LogP contribution in [-0.4, -0.2) is 28.3 Å². The molecule has 6 nitrogen and oxygen atoms in total. The predicted octanol–water partition coefficient (Wildman–Crippen LogP) is 3.95. The topological polar surface area (TPSA) is 73.2 Å². The molecule has 8 heteroatoms. The number of carbonyl (C=O) groups excluding carboxylic acids is 1. The molecule has 0 radical (unpaired) electrons. The summed E-state index contributed by atoms with van der Waals surface area (Å²) in [6.45, 7) is 6.12. The molecule has 1 amide bonds. The molecule has 0 aliphatic heterocycles. The number of ether oxygens (including phenoxy) is 1. The lowest BCUT2D eigenvalue weighted by atomic mass is 10.3.